The molecule has 0 amide bonds. The standard InChI is InChI=1S/C12H4BBrCl2F12/c14-13(5(17)1-3-7(15,19)11(25,26)9(5,21)22)6(18)2-4-8(16,20)12(27,28)10(6,23)24/h1-4H. The molecule has 0 heterocycles. The van der Waals surface area contributed by atoms with E-state index in [1.54, 1.807) is 15.8 Å². The van der Waals surface area contributed by atoms with Crippen molar-refractivity contribution in [3.05, 3.63) is 24.3 Å². The van der Waals surface area contributed by atoms with E-state index in [0.29, 0.717) is 0 Å². The van der Waals surface area contributed by atoms with Crippen LogP contribution in [0.4, 0.5) is 52.7 Å². The number of hydrogen-bond acceptors (Lipinski definition) is 0. The minimum Gasteiger partial charge on any atom is -0.241 e. The van der Waals surface area contributed by atoms with Crippen LogP contribution in [0.2, 0.25) is 0 Å². The summed E-state index contributed by atoms with van der Waals surface area (Å²) in [6, 6.07) is 0. The molecule has 28 heavy (non-hydrogen) atoms. The number of halogens is 15. The molecule has 0 N–H and O–H groups in total. The monoisotopic (exact) mass is 536 g/mol. The fourth-order valence-corrected chi connectivity index (χ4v) is 3.81. The summed E-state index contributed by atoms with van der Waals surface area (Å²) in [6.07, 6.45) is -3.04. The van der Waals surface area contributed by atoms with Crippen LogP contribution in [0.1, 0.15) is 0 Å². The lowest BCUT2D eigenvalue weighted by molar-refractivity contribution is -0.284. The van der Waals surface area contributed by atoms with E-state index >= 15 is 0 Å². The average Bonchev–Trinajstić information content (AvgIpc) is 2.53. The van der Waals surface area contributed by atoms with Gasteiger partial charge in [0, 0.05) is 0 Å². The minimum absolute atomic E-state index is 0.715. The van der Waals surface area contributed by atoms with Gasteiger partial charge in [-0.15, -0.1) is 15.8 Å². The van der Waals surface area contributed by atoms with Gasteiger partial charge in [0.15, 0.2) is 11.1 Å². The molecule has 0 aliphatic heterocycles. The molecule has 0 saturated heterocycles. The van der Waals surface area contributed by atoms with E-state index in [4.69, 9.17) is 0 Å². The zero-order valence-corrected chi connectivity index (χ0v) is 15.7. The second kappa shape index (κ2) is 5.92. The van der Waals surface area contributed by atoms with Gasteiger partial charge in [0.1, 0.15) is 0 Å². The lowest BCUT2D eigenvalue weighted by Gasteiger charge is -2.49. The average molecular weight is 538 g/mol. The van der Waals surface area contributed by atoms with Crippen LogP contribution in [0, 0.1) is 0 Å². The number of rotatable bonds is 2. The summed E-state index contributed by atoms with van der Waals surface area (Å²) in [4.78, 5) is 0. The summed E-state index contributed by atoms with van der Waals surface area (Å²) in [7, 11) is 0. The molecule has 2 aliphatic rings. The van der Waals surface area contributed by atoms with Gasteiger partial charge in [-0.25, -0.2) is 17.6 Å². The first-order chi connectivity index (χ1) is 12.1. The van der Waals surface area contributed by atoms with Crippen LogP contribution in [-0.2, 0) is 0 Å². The van der Waals surface area contributed by atoms with Gasteiger partial charge in [0.05, 0.1) is 0 Å². The van der Waals surface area contributed by atoms with Crippen molar-refractivity contribution in [2.24, 2.45) is 0 Å². The molecule has 0 aromatic carbocycles. The van der Waals surface area contributed by atoms with Crippen molar-refractivity contribution < 1.29 is 52.7 Å². The number of allylic oxidation sites excluding steroid dienone is 4. The molecule has 4 unspecified atom stereocenters. The Morgan fingerprint density at radius 3 is 1.00 bits per heavy atom. The molecule has 2 aliphatic carbocycles. The van der Waals surface area contributed by atoms with Gasteiger partial charge in [0.2, 0.25) is 0 Å². The van der Waals surface area contributed by atoms with Gasteiger partial charge in [-0.3, -0.25) is 0 Å². The lowest BCUT2D eigenvalue weighted by Crippen LogP contribution is -2.77. The predicted octanol–water partition coefficient (Wildman–Crippen LogP) is 6.36. The maximum Gasteiger partial charge on any atom is 0.363 e. The summed E-state index contributed by atoms with van der Waals surface area (Å²) in [5.74, 6) is -24.9. The van der Waals surface area contributed by atoms with Gasteiger partial charge in [-0.05, 0) is 24.3 Å². The Bertz CT molecular complexity index is 678. The zero-order valence-electron chi connectivity index (χ0n) is 12.6. The molecule has 0 radical (unpaired) electrons. The van der Waals surface area contributed by atoms with Crippen molar-refractivity contribution in [3.63, 3.8) is 0 Å². The first-order valence-electron chi connectivity index (χ1n) is 6.76. The molecule has 0 spiro atoms. The van der Waals surface area contributed by atoms with E-state index in [1.165, 1.54) is 0 Å². The Hall–Kier alpha value is -0.235. The predicted molar refractivity (Wildman–Crippen MR) is 79.8 cm³/mol. The Morgan fingerprint density at radius 1 is 0.500 bits per heavy atom. The third-order valence-electron chi connectivity index (χ3n) is 4.40. The second-order valence-electron chi connectivity index (χ2n) is 6.11. The molecular weight excluding hydrogens is 534 g/mol. The van der Waals surface area contributed by atoms with E-state index in [1.807, 2.05) is 0 Å². The van der Waals surface area contributed by atoms with E-state index < -0.39 is 74.9 Å². The first-order valence-corrected chi connectivity index (χ1v) is 8.43. The lowest BCUT2D eigenvalue weighted by atomic mass is 9.43. The maximum absolute atomic E-state index is 14.8. The van der Waals surface area contributed by atoms with Crippen LogP contribution >= 0.6 is 39.0 Å². The molecule has 0 fully saturated rings. The smallest absolute Gasteiger partial charge is 0.241 e. The molecule has 16 heteroatoms. The normalized spacial score (nSPS) is 45.7. The molecule has 0 bridgehead atoms. The summed E-state index contributed by atoms with van der Waals surface area (Å²) in [5, 5.41) is -9.44. The Kier molecular flexibility index (Phi) is 5.09. The quantitative estimate of drug-likeness (QED) is 0.167. The fraction of sp³-hybridized carbons (Fsp3) is 0.667. The summed E-state index contributed by atoms with van der Waals surface area (Å²) in [6.45, 7) is 0. The van der Waals surface area contributed by atoms with Crippen LogP contribution in [0.5, 0.6) is 0 Å². The molecule has 0 nitrogen and oxygen atoms in total. The van der Waals surface area contributed by atoms with E-state index in [2.05, 4.69) is 23.2 Å². The van der Waals surface area contributed by atoms with Gasteiger partial charge in [-0.1, -0.05) is 23.2 Å². The number of alkyl halides is 14. The van der Waals surface area contributed by atoms with Crippen molar-refractivity contribution in [1.82, 2.24) is 0 Å². The van der Waals surface area contributed by atoms with E-state index in [9.17, 15) is 52.7 Å². The van der Waals surface area contributed by atoms with E-state index in [0.717, 1.165) is 0 Å². The maximum atomic E-state index is 14.8. The van der Waals surface area contributed by atoms with Gasteiger partial charge < -0.3 is 0 Å². The highest BCUT2D eigenvalue weighted by Crippen LogP contribution is 2.64. The van der Waals surface area contributed by atoms with Crippen LogP contribution in [0.15, 0.2) is 24.3 Å². The van der Waals surface area contributed by atoms with Crippen LogP contribution in [0.3, 0.4) is 0 Å². The van der Waals surface area contributed by atoms with E-state index in [-0.39, 0.29) is 0 Å². The summed E-state index contributed by atoms with van der Waals surface area (Å²) in [5.41, 5.74) is -14.4. The van der Waals surface area contributed by atoms with Gasteiger partial charge >= 0.3 is 29.2 Å². The first kappa shape index (κ1) is 24.0. The molecule has 0 saturated carbocycles. The summed E-state index contributed by atoms with van der Waals surface area (Å²) < 4.78 is 167. The Balaban J connectivity index is 2.73. The van der Waals surface area contributed by atoms with Crippen molar-refractivity contribution in [2.45, 2.75) is 45.1 Å². The molecule has 160 valence electrons. The number of hydrogen-bond donors (Lipinski definition) is 0. The van der Waals surface area contributed by atoms with Gasteiger partial charge in [0.25, 0.3) is 10.3 Å². The zero-order chi connectivity index (χ0) is 22.4. The highest BCUT2D eigenvalue weighted by atomic mass is 79.9. The Labute approximate surface area is 166 Å². The third-order valence-corrected chi connectivity index (χ3v) is 6.46. The van der Waals surface area contributed by atoms with Crippen LogP contribution < -0.4 is 0 Å². The largest absolute Gasteiger partial charge is 0.363 e. The molecule has 0 aromatic heterocycles. The van der Waals surface area contributed by atoms with Crippen molar-refractivity contribution in [1.29, 1.82) is 0 Å². The molecule has 0 aromatic rings. The highest BCUT2D eigenvalue weighted by Gasteiger charge is 2.88. The van der Waals surface area contributed by atoms with Crippen molar-refractivity contribution >= 4 is 44.5 Å². The fourth-order valence-electron chi connectivity index (χ4n) is 2.56. The Morgan fingerprint density at radius 2 is 0.750 bits per heavy atom. The minimum atomic E-state index is -6.33. The molecule has 4 atom stereocenters. The SMILES string of the molecule is FC1(Cl)C=CC(F)(B(Br)C2(F)C=CC(F)(Cl)C(F)(F)C2(F)F)C(F)(F)C1(F)F. The van der Waals surface area contributed by atoms with Gasteiger partial charge in [-0.2, -0.15) is 35.1 Å². The third kappa shape index (κ3) is 2.48. The van der Waals surface area contributed by atoms with Crippen LogP contribution in [-0.4, -0.2) is 50.6 Å². The van der Waals surface area contributed by atoms with Crippen molar-refractivity contribution in [3.8, 4) is 0 Å². The topological polar surface area (TPSA) is 0 Å². The second-order valence-corrected chi connectivity index (χ2v) is 8.12. The molecule has 2 rings (SSSR count). The highest BCUT2D eigenvalue weighted by molar-refractivity contribution is 9.24. The van der Waals surface area contributed by atoms with Crippen molar-refractivity contribution in [2.75, 3.05) is 0 Å². The molecular formula is C12H4BBrCl2F12. The summed E-state index contributed by atoms with van der Waals surface area (Å²) >= 11 is 10.7. The van der Waals surface area contributed by atoms with Crippen LogP contribution in [0.25, 0.3) is 0 Å².